The number of alkyl halides is 3. The maximum absolute atomic E-state index is 13.0. The molecule has 2 aromatic carbocycles. The number of halogens is 6. The number of carbonyl (C=O) groups excluding carboxylic acids is 2. The molecule has 0 spiro atoms. The van der Waals surface area contributed by atoms with E-state index >= 15 is 0 Å². The summed E-state index contributed by atoms with van der Waals surface area (Å²) in [5.74, 6) is -1.93. The van der Waals surface area contributed by atoms with E-state index in [1.807, 2.05) is 0 Å². The van der Waals surface area contributed by atoms with Crippen LogP contribution in [-0.4, -0.2) is 11.8 Å². The van der Waals surface area contributed by atoms with Gasteiger partial charge in [0.25, 0.3) is 11.8 Å². The number of carbonyl (C=O) groups is 2. The molecule has 0 unspecified atom stereocenters. The van der Waals surface area contributed by atoms with Crippen molar-refractivity contribution in [3.8, 4) is 0 Å². The molecule has 1 heterocycles. The van der Waals surface area contributed by atoms with E-state index in [-0.39, 0.29) is 10.7 Å². The van der Waals surface area contributed by atoms with Crippen LogP contribution < -0.4 is 10.2 Å². The number of hydrogen-bond acceptors (Lipinski definition) is 3. The monoisotopic (exact) mass is 434 g/mol. The Morgan fingerprint density at radius 2 is 1.63 bits per heavy atom. The Hall–Kier alpha value is -2.22. The van der Waals surface area contributed by atoms with Gasteiger partial charge in [0, 0.05) is 10.7 Å². The third-order valence-electron chi connectivity index (χ3n) is 3.64. The highest BCUT2D eigenvalue weighted by Crippen LogP contribution is 2.38. The normalized spacial score (nSPS) is 15.0. The van der Waals surface area contributed by atoms with E-state index < -0.39 is 34.3 Å². The van der Waals surface area contributed by atoms with Crippen molar-refractivity contribution >= 4 is 58.0 Å². The first-order valence-electron chi connectivity index (χ1n) is 7.27. The number of hydrogen-bond donors (Lipinski definition) is 1. The highest BCUT2D eigenvalue weighted by Gasteiger charge is 2.41. The number of imide groups is 1. The van der Waals surface area contributed by atoms with Crippen molar-refractivity contribution in [2.24, 2.45) is 0 Å². The van der Waals surface area contributed by atoms with Crippen molar-refractivity contribution in [2.45, 2.75) is 6.18 Å². The van der Waals surface area contributed by atoms with E-state index in [9.17, 15) is 22.8 Å². The predicted molar refractivity (Wildman–Crippen MR) is 96.9 cm³/mol. The van der Waals surface area contributed by atoms with Gasteiger partial charge >= 0.3 is 6.18 Å². The van der Waals surface area contributed by atoms with Crippen LogP contribution in [0.15, 0.2) is 53.2 Å². The molecule has 4 nitrogen and oxygen atoms in total. The lowest BCUT2D eigenvalue weighted by atomic mass is 10.2. The van der Waals surface area contributed by atoms with E-state index in [1.54, 1.807) is 18.2 Å². The fourth-order valence-corrected chi connectivity index (χ4v) is 3.01. The van der Waals surface area contributed by atoms with Crippen molar-refractivity contribution in [2.75, 3.05) is 10.2 Å². The van der Waals surface area contributed by atoms with Crippen molar-refractivity contribution in [3.63, 3.8) is 0 Å². The van der Waals surface area contributed by atoms with E-state index in [4.69, 9.17) is 34.8 Å². The molecule has 0 saturated heterocycles. The van der Waals surface area contributed by atoms with Crippen molar-refractivity contribution in [3.05, 3.63) is 68.8 Å². The third-order valence-corrected chi connectivity index (χ3v) is 4.54. The summed E-state index contributed by atoms with van der Waals surface area (Å²) in [6.45, 7) is 0. The topological polar surface area (TPSA) is 49.4 Å². The molecule has 3 rings (SSSR count). The zero-order chi connectivity index (χ0) is 19.9. The molecule has 0 bridgehead atoms. The van der Waals surface area contributed by atoms with Gasteiger partial charge in [-0.05, 0) is 36.4 Å². The second kappa shape index (κ2) is 7.07. The van der Waals surface area contributed by atoms with Crippen LogP contribution in [0.25, 0.3) is 0 Å². The van der Waals surface area contributed by atoms with E-state index in [0.717, 1.165) is 12.1 Å². The van der Waals surface area contributed by atoms with Crippen LogP contribution in [-0.2, 0) is 15.8 Å². The number of nitrogens with zero attached hydrogens (tertiary/aromatic N) is 1. The lowest BCUT2D eigenvalue weighted by Crippen LogP contribution is -2.32. The predicted octanol–water partition coefficient (Wildman–Crippen LogP) is 5.45. The van der Waals surface area contributed by atoms with Crippen LogP contribution in [0.1, 0.15) is 5.56 Å². The number of benzene rings is 2. The number of rotatable bonds is 3. The van der Waals surface area contributed by atoms with Gasteiger partial charge in [-0.2, -0.15) is 13.2 Å². The minimum atomic E-state index is -4.68. The highest BCUT2D eigenvalue weighted by molar-refractivity contribution is 6.53. The molecule has 0 saturated carbocycles. The van der Waals surface area contributed by atoms with Gasteiger partial charge in [0.05, 0.1) is 16.3 Å². The molecule has 140 valence electrons. The van der Waals surface area contributed by atoms with Gasteiger partial charge < -0.3 is 5.32 Å². The molecule has 0 aliphatic carbocycles. The fraction of sp³-hybridized carbons (Fsp3) is 0.0588. The second-order valence-corrected chi connectivity index (χ2v) is 6.66. The maximum Gasteiger partial charge on any atom is 0.416 e. The van der Waals surface area contributed by atoms with Crippen LogP contribution >= 0.6 is 34.8 Å². The number of anilines is 2. The first-order valence-corrected chi connectivity index (χ1v) is 8.41. The smallest absolute Gasteiger partial charge is 0.350 e. The highest BCUT2D eigenvalue weighted by atomic mass is 35.5. The van der Waals surface area contributed by atoms with Crippen molar-refractivity contribution in [1.29, 1.82) is 0 Å². The second-order valence-electron chi connectivity index (χ2n) is 5.43. The first kappa shape index (κ1) is 19.5. The molecule has 0 aromatic heterocycles. The minimum absolute atomic E-state index is 0.210. The molecule has 1 N–H and O–H groups in total. The molecule has 0 atom stereocenters. The Morgan fingerprint density at radius 1 is 0.926 bits per heavy atom. The van der Waals surface area contributed by atoms with Crippen LogP contribution in [0.5, 0.6) is 0 Å². The first-order chi connectivity index (χ1) is 12.6. The summed E-state index contributed by atoms with van der Waals surface area (Å²) in [6.07, 6.45) is -4.68. The quantitative estimate of drug-likeness (QED) is 0.653. The summed E-state index contributed by atoms with van der Waals surface area (Å²) in [5.41, 5.74) is -1.40. The average Bonchev–Trinajstić information content (AvgIpc) is 2.78. The van der Waals surface area contributed by atoms with Crippen molar-refractivity contribution < 1.29 is 22.8 Å². The minimum Gasteiger partial charge on any atom is -0.350 e. The van der Waals surface area contributed by atoms with Crippen LogP contribution in [0, 0.1) is 0 Å². The van der Waals surface area contributed by atoms with E-state index in [1.165, 1.54) is 6.07 Å². The summed E-state index contributed by atoms with van der Waals surface area (Å²) in [6, 6.07) is 8.57. The van der Waals surface area contributed by atoms with Gasteiger partial charge in [-0.25, -0.2) is 4.90 Å². The Kier molecular flexibility index (Phi) is 5.12. The summed E-state index contributed by atoms with van der Waals surface area (Å²) in [4.78, 5) is 25.6. The molecule has 1 aliphatic rings. The van der Waals surface area contributed by atoms with Gasteiger partial charge in [-0.3, -0.25) is 9.59 Å². The molecule has 2 amide bonds. The van der Waals surface area contributed by atoms with Crippen molar-refractivity contribution in [1.82, 2.24) is 0 Å². The Balaban J connectivity index is 1.99. The third kappa shape index (κ3) is 3.76. The van der Waals surface area contributed by atoms with Crippen LogP contribution in [0.4, 0.5) is 24.5 Å². The Morgan fingerprint density at radius 3 is 2.26 bits per heavy atom. The molecular formula is C17H8Cl3F3N2O2. The molecule has 10 heteroatoms. The number of nitrogens with one attached hydrogen (secondary N) is 1. The summed E-state index contributed by atoms with van der Waals surface area (Å²) >= 11 is 17.7. The SMILES string of the molecule is O=C1C(Cl)=C(Nc2cccc(Cl)c2)C(=O)N1c1cc(C(F)(F)F)ccc1Cl. The van der Waals surface area contributed by atoms with Crippen LogP contribution in [0.3, 0.4) is 0 Å². The Labute approximate surface area is 166 Å². The molecule has 27 heavy (non-hydrogen) atoms. The van der Waals surface area contributed by atoms with E-state index in [0.29, 0.717) is 21.7 Å². The zero-order valence-corrected chi connectivity index (χ0v) is 15.3. The standard InChI is InChI=1S/C17H8Cl3F3N2O2/c18-9-2-1-3-10(7-9)24-14-13(20)15(26)25(16(14)27)12-6-8(17(21,22)23)4-5-11(12)19/h1-7,24H. The summed E-state index contributed by atoms with van der Waals surface area (Å²) < 4.78 is 38.9. The summed E-state index contributed by atoms with van der Waals surface area (Å²) in [7, 11) is 0. The van der Waals surface area contributed by atoms with Gasteiger partial charge in [-0.15, -0.1) is 0 Å². The molecule has 0 radical (unpaired) electrons. The lowest BCUT2D eigenvalue weighted by Gasteiger charge is -2.18. The molecule has 2 aromatic rings. The van der Waals surface area contributed by atoms with E-state index in [2.05, 4.69) is 5.32 Å². The number of amides is 2. The average molecular weight is 436 g/mol. The maximum atomic E-state index is 13.0. The zero-order valence-electron chi connectivity index (χ0n) is 13.1. The largest absolute Gasteiger partial charge is 0.416 e. The van der Waals surface area contributed by atoms with Gasteiger partial charge in [0.2, 0.25) is 0 Å². The Bertz CT molecular complexity index is 990. The lowest BCUT2D eigenvalue weighted by molar-refractivity contribution is -0.137. The summed E-state index contributed by atoms with van der Waals surface area (Å²) in [5, 5.41) is 2.34. The fourth-order valence-electron chi connectivity index (χ4n) is 2.40. The molecule has 0 fully saturated rings. The van der Waals surface area contributed by atoms with Gasteiger partial charge in [0.15, 0.2) is 0 Å². The molecule has 1 aliphatic heterocycles. The van der Waals surface area contributed by atoms with Crippen LogP contribution in [0.2, 0.25) is 10.0 Å². The molecular weight excluding hydrogens is 428 g/mol. The van der Waals surface area contributed by atoms with Gasteiger partial charge in [0.1, 0.15) is 10.7 Å². The van der Waals surface area contributed by atoms with Gasteiger partial charge in [-0.1, -0.05) is 40.9 Å².